The Morgan fingerprint density at radius 1 is 0.960 bits per heavy atom. The standard InChI is InChI=1S/C19H13N3OS2/c23-17(18-20-13-7-3-4-8-14(13)24-18)22-19-21-16-12-6-2-1-5-11(12)9-10-15(16)25-19/h1-8H,9-10H2,(H,21,22,23). The number of rotatable bonds is 2. The van der Waals surface area contributed by atoms with Crippen molar-refractivity contribution in [1.29, 1.82) is 0 Å². The molecule has 0 saturated carbocycles. The van der Waals surface area contributed by atoms with Gasteiger partial charge in [0.2, 0.25) is 0 Å². The van der Waals surface area contributed by atoms with E-state index in [1.807, 2.05) is 30.3 Å². The number of para-hydroxylation sites is 1. The van der Waals surface area contributed by atoms with Crippen molar-refractivity contribution >= 4 is 43.9 Å². The molecule has 2 heterocycles. The summed E-state index contributed by atoms with van der Waals surface area (Å²) < 4.78 is 1.01. The van der Waals surface area contributed by atoms with E-state index in [-0.39, 0.29) is 5.91 Å². The van der Waals surface area contributed by atoms with E-state index in [0.29, 0.717) is 10.1 Å². The minimum atomic E-state index is -0.194. The second-order valence-corrected chi connectivity index (χ2v) is 8.00. The Balaban J connectivity index is 1.46. The van der Waals surface area contributed by atoms with Crippen LogP contribution >= 0.6 is 22.7 Å². The summed E-state index contributed by atoms with van der Waals surface area (Å²) in [6.07, 6.45) is 2.00. The van der Waals surface area contributed by atoms with Gasteiger partial charge in [0.15, 0.2) is 10.1 Å². The van der Waals surface area contributed by atoms with Gasteiger partial charge in [-0.05, 0) is 30.5 Å². The van der Waals surface area contributed by atoms with Gasteiger partial charge >= 0.3 is 0 Å². The first-order valence-electron chi connectivity index (χ1n) is 8.03. The lowest BCUT2D eigenvalue weighted by Gasteiger charge is -2.13. The maximum Gasteiger partial charge on any atom is 0.286 e. The molecule has 1 amide bonds. The molecule has 4 nitrogen and oxygen atoms in total. The lowest BCUT2D eigenvalue weighted by molar-refractivity contribution is 0.102. The second kappa shape index (κ2) is 5.75. The van der Waals surface area contributed by atoms with Gasteiger partial charge in [-0.2, -0.15) is 0 Å². The van der Waals surface area contributed by atoms with Crippen LogP contribution < -0.4 is 5.32 Å². The Labute approximate surface area is 152 Å². The van der Waals surface area contributed by atoms with Crippen molar-refractivity contribution in [3.63, 3.8) is 0 Å². The smallest absolute Gasteiger partial charge is 0.286 e. The third kappa shape index (κ3) is 2.54. The second-order valence-electron chi connectivity index (χ2n) is 5.89. The van der Waals surface area contributed by atoms with Crippen molar-refractivity contribution in [3.8, 4) is 11.3 Å². The summed E-state index contributed by atoms with van der Waals surface area (Å²) in [5.41, 5.74) is 4.36. The molecular formula is C19H13N3OS2. The van der Waals surface area contributed by atoms with Crippen molar-refractivity contribution in [2.75, 3.05) is 5.32 Å². The third-order valence-corrected chi connectivity index (χ3v) is 6.37. The molecule has 25 heavy (non-hydrogen) atoms. The van der Waals surface area contributed by atoms with Crippen LogP contribution in [0, 0.1) is 0 Å². The molecule has 0 aliphatic heterocycles. The minimum Gasteiger partial charge on any atom is -0.296 e. The molecule has 1 aliphatic rings. The summed E-state index contributed by atoms with van der Waals surface area (Å²) in [7, 11) is 0. The van der Waals surface area contributed by atoms with Crippen molar-refractivity contribution in [2.45, 2.75) is 12.8 Å². The summed E-state index contributed by atoms with van der Waals surface area (Å²) in [6, 6.07) is 16.1. The Hall–Kier alpha value is -2.57. The predicted octanol–water partition coefficient (Wildman–Crippen LogP) is 4.77. The number of carbonyl (C=O) groups excluding carboxylic acids is 1. The fraction of sp³-hybridized carbons (Fsp3) is 0.105. The van der Waals surface area contributed by atoms with Crippen LogP contribution in [0.3, 0.4) is 0 Å². The number of benzene rings is 2. The molecular weight excluding hydrogens is 350 g/mol. The molecule has 2 aromatic heterocycles. The van der Waals surface area contributed by atoms with Crippen LogP contribution in [-0.2, 0) is 12.8 Å². The van der Waals surface area contributed by atoms with Crippen molar-refractivity contribution < 1.29 is 4.79 Å². The number of hydrogen-bond donors (Lipinski definition) is 1. The zero-order valence-electron chi connectivity index (χ0n) is 13.2. The van der Waals surface area contributed by atoms with E-state index in [9.17, 15) is 4.79 Å². The largest absolute Gasteiger partial charge is 0.296 e. The number of thiazole rings is 2. The molecule has 4 aromatic rings. The zero-order valence-corrected chi connectivity index (χ0v) is 14.8. The average molecular weight is 363 g/mol. The van der Waals surface area contributed by atoms with E-state index in [0.717, 1.165) is 28.8 Å². The van der Waals surface area contributed by atoms with Crippen LogP contribution in [0.4, 0.5) is 5.13 Å². The Kier molecular flexibility index (Phi) is 3.39. The zero-order chi connectivity index (χ0) is 16.8. The van der Waals surface area contributed by atoms with E-state index in [1.165, 1.54) is 27.3 Å². The lowest BCUT2D eigenvalue weighted by atomic mass is 9.94. The van der Waals surface area contributed by atoms with E-state index in [2.05, 4.69) is 33.5 Å². The number of nitrogens with zero attached hydrogens (tertiary/aromatic N) is 2. The molecule has 1 N–H and O–H groups in total. The maximum absolute atomic E-state index is 12.5. The molecule has 5 rings (SSSR count). The van der Waals surface area contributed by atoms with Gasteiger partial charge in [0.1, 0.15) is 0 Å². The highest BCUT2D eigenvalue weighted by atomic mass is 32.1. The van der Waals surface area contributed by atoms with Crippen LogP contribution in [0.5, 0.6) is 0 Å². The van der Waals surface area contributed by atoms with Gasteiger partial charge < -0.3 is 0 Å². The van der Waals surface area contributed by atoms with E-state index >= 15 is 0 Å². The number of aryl methyl sites for hydroxylation is 2. The SMILES string of the molecule is O=C(Nc1nc2c(s1)CCc1ccccc1-2)c1nc2ccccc2s1. The highest BCUT2D eigenvalue weighted by molar-refractivity contribution is 7.20. The molecule has 122 valence electrons. The first kappa shape index (κ1) is 14.7. The van der Waals surface area contributed by atoms with Gasteiger partial charge in [0.25, 0.3) is 5.91 Å². The van der Waals surface area contributed by atoms with Gasteiger partial charge in [-0.3, -0.25) is 10.1 Å². The summed E-state index contributed by atoms with van der Waals surface area (Å²) in [4.78, 5) is 22.9. The number of aromatic nitrogens is 2. The summed E-state index contributed by atoms with van der Waals surface area (Å²) >= 11 is 2.96. The fourth-order valence-electron chi connectivity index (χ4n) is 3.12. The lowest BCUT2D eigenvalue weighted by Crippen LogP contribution is -2.11. The molecule has 0 unspecified atom stereocenters. The van der Waals surface area contributed by atoms with Gasteiger partial charge in [-0.1, -0.05) is 36.4 Å². The summed E-state index contributed by atoms with van der Waals surface area (Å²) in [5, 5.41) is 4.04. The van der Waals surface area contributed by atoms with Crippen LogP contribution in [0.15, 0.2) is 48.5 Å². The highest BCUT2D eigenvalue weighted by Gasteiger charge is 2.22. The van der Waals surface area contributed by atoms with E-state index in [1.54, 1.807) is 11.3 Å². The van der Waals surface area contributed by atoms with Crippen LogP contribution in [0.2, 0.25) is 0 Å². The monoisotopic (exact) mass is 363 g/mol. The Morgan fingerprint density at radius 3 is 2.72 bits per heavy atom. The third-order valence-electron chi connectivity index (χ3n) is 4.30. The van der Waals surface area contributed by atoms with Gasteiger partial charge in [0.05, 0.1) is 15.9 Å². The molecule has 2 aromatic carbocycles. The molecule has 0 fully saturated rings. The number of fused-ring (bicyclic) bond motifs is 4. The van der Waals surface area contributed by atoms with Crippen LogP contribution in [-0.4, -0.2) is 15.9 Å². The molecule has 0 radical (unpaired) electrons. The predicted molar refractivity (Wildman–Crippen MR) is 103 cm³/mol. The van der Waals surface area contributed by atoms with Crippen molar-refractivity contribution in [1.82, 2.24) is 9.97 Å². The summed E-state index contributed by atoms with van der Waals surface area (Å²) in [6.45, 7) is 0. The van der Waals surface area contributed by atoms with Gasteiger partial charge in [0, 0.05) is 10.4 Å². The molecule has 1 aliphatic carbocycles. The minimum absolute atomic E-state index is 0.194. The van der Waals surface area contributed by atoms with Gasteiger partial charge in [-0.25, -0.2) is 9.97 Å². The number of anilines is 1. The number of nitrogens with one attached hydrogen (secondary N) is 1. The Bertz CT molecular complexity index is 1080. The topological polar surface area (TPSA) is 54.9 Å². The first-order chi connectivity index (χ1) is 12.3. The Morgan fingerprint density at radius 2 is 1.80 bits per heavy atom. The average Bonchev–Trinajstić information content (AvgIpc) is 3.25. The number of carbonyl (C=O) groups is 1. The van der Waals surface area contributed by atoms with Crippen LogP contribution in [0.25, 0.3) is 21.5 Å². The van der Waals surface area contributed by atoms with Gasteiger partial charge in [-0.15, -0.1) is 22.7 Å². The maximum atomic E-state index is 12.5. The normalized spacial score (nSPS) is 12.6. The van der Waals surface area contributed by atoms with Crippen molar-refractivity contribution in [3.05, 3.63) is 64.0 Å². The van der Waals surface area contributed by atoms with E-state index < -0.39 is 0 Å². The summed E-state index contributed by atoms with van der Waals surface area (Å²) in [5.74, 6) is -0.194. The molecule has 6 heteroatoms. The quantitative estimate of drug-likeness (QED) is 0.558. The fourth-order valence-corrected chi connectivity index (χ4v) is 4.95. The van der Waals surface area contributed by atoms with Crippen molar-refractivity contribution in [2.24, 2.45) is 0 Å². The first-order valence-corrected chi connectivity index (χ1v) is 9.66. The molecule has 0 bridgehead atoms. The molecule has 0 spiro atoms. The van der Waals surface area contributed by atoms with Crippen LogP contribution in [0.1, 0.15) is 20.2 Å². The number of hydrogen-bond acceptors (Lipinski definition) is 5. The number of amides is 1. The molecule has 0 saturated heterocycles. The highest BCUT2D eigenvalue weighted by Crippen LogP contribution is 2.38. The molecule has 0 atom stereocenters. The van der Waals surface area contributed by atoms with E-state index in [4.69, 9.17) is 0 Å².